The molecular formula is C14H19N3O. The number of hydrogen-bond donors (Lipinski definition) is 1. The SMILES string of the molecule is CNCc1cc(OC)ccc1Cc1nccn1C. The van der Waals surface area contributed by atoms with Crippen LogP contribution in [0, 0.1) is 0 Å². The Morgan fingerprint density at radius 3 is 2.78 bits per heavy atom. The summed E-state index contributed by atoms with van der Waals surface area (Å²) in [4.78, 5) is 4.37. The van der Waals surface area contributed by atoms with Crippen molar-refractivity contribution in [3.05, 3.63) is 47.5 Å². The van der Waals surface area contributed by atoms with Crippen molar-refractivity contribution in [1.82, 2.24) is 14.9 Å². The quantitative estimate of drug-likeness (QED) is 0.872. The molecule has 18 heavy (non-hydrogen) atoms. The minimum absolute atomic E-state index is 0.830. The average Bonchev–Trinajstić information content (AvgIpc) is 2.77. The molecule has 1 heterocycles. The number of rotatable bonds is 5. The van der Waals surface area contributed by atoms with E-state index < -0.39 is 0 Å². The largest absolute Gasteiger partial charge is 0.497 e. The fourth-order valence-corrected chi connectivity index (χ4v) is 1.99. The number of benzene rings is 1. The lowest BCUT2D eigenvalue weighted by Crippen LogP contribution is -2.09. The van der Waals surface area contributed by atoms with Crippen LogP contribution < -0.4 is 10.1 Å². The predicted molar refractivity (Wildman–Crippen MR) is 71.8 cm³/mol. The molecule has 0 atom stereocenters. The highest BCUT2D eigenvalue weighted by Crippen LogP contribution is 2.20. The van der Waals surface area contributed by atoms with E-state index in [0.717, 1.165) is 24.5 Å². The lowest BCUT2D eigenvalue weighted by Gasteiger charge is -2.11. The standard InChI is InChI=1S/C14H19N3O/c1-15-10-12-8-13(18-3)5-4-11(12)9-14-16-6-7-17(14)2/h4-8,15H,9-10H2,1-3H3. The van der Waals surface area contributed by atoms with E-state index in [-0.39, 0.29) is 0 Å². The maximum absolute atomic E-state index is 5.27. The van der Waals surface area contributed by atoms with Crippen molar-refractivity contribution in [2.45, 2.75) is 13.0 Å². The van der Waals surface area contributed by atoms with E-state index >= 15 is 0 Å². The third-order valence-corrected chi connectivity index (χ3v) is 3.05. The van der Waals surface area contributed by atoms with E-state index in [4.69, 9.17) is 4.74 Å². The van der Waals surface area contributed by atoms with E-state index in [1.807, 2.05) is 37.1 Å². The highest BCUT2D eigenvalue weighted by Gasteiger charge is 2.07. The number of hydrogen-bond acceptors (Lipinski definition) is 3. The molecule has 0 saturated carbocycles. The van der Waals surface area contributed by atoms with Gasteiger partial charge in [-0.1, -0.05) is 6.07 Å². The van der Waals surface area contributed by atoms with E-state index in [9.17, 15) is 0 Å². The van der Waals surface area contributed by atoms with Gasteiger partial charge in [0.2, 0.25) is 0 Å². The van der Waals surface area contributed by atoms with Crippen LogP contribution in [0.4, 0.5) is 0 Å². The Balaban J connectivity index is 2.29. The first-order valence-electron chi connectivity index (χ1n) is 6.01. The molecule has 0 aliphatic carbocycles. The van der Waals surface area contributed by atoms with Crippen molar-refractivity contribution >= 4 is 0 Å². The second-order valence-corrected chi connectivity index (χ2v) is 4.30. The second-order valence-electron chi connectivity index (χ2n) is 4.30. The van der Waals surface area contributed by atoms with Crippen LogP contribution in [0.1, 0.15) is 17.0 Å². The molecular weight excluding hydrogens is 226 g/mol. The van der Waals surface area contributed by atoms with Gasteiger partial charge in [0.1, 0.15) is 11.6 Å². The van der Waals surface area contributed by atoms with Crippen LogP contribution >= 0.6 is 0 Å². The lowest BCUT2D eigenvalue weighted by molar-refractivity contribution is 0.414. The summed E-state index contributed by atoms with van der Waals surface area (Å²) in [6.45, 7) is 0.830. The molecule has 0 bridgehead atoms. The van der Waals surface area contributed by atoms with Crippen LogP contribution in [0.15, 0.2) is 30.6 Å². The minimum Gasteiger partial charge on any atom is -0.497 e. The molecule has 0 radical (unpaired) electrons. The molecule has 0 amide bonds. The maximum atomic E-state index is 5.27. The van der Waals surface area contributed by atoms with E-state index in [2.05, 4.69) is 22.4 Å². The highest BCUT2D eigenvalue weighted by molar-refractivity contribution is 5.37. The van der Waals surface area contributed by atoms with Crippen LogP contribution in [0.25, 0.3) is 0 Å². The number of ether oxygens (including phenoxy) is 1. The van der Waals surface area contributed by atoms with E-state index in [1.165, 1.54) is 11.1 Å². The predicted octanol–water partition coefficient (Wildman–Crippen LogP) is 1.74. The van der Waals surface area contributed by atoms with Crippen LogP contribution in [0.3, 0.4) is 0 Å². The van der Waals surface area contributed by atoms with Gasteiger partial charge in [-0.3, -0.25) is 0 Å². The van der Waals surface area contributed by atoms with Crippen LogP contribution in [-0.4, -0.2) is 23.7 Å². The third kappa shape index (κ3) is 2.71. The molecule has 0 unspecified atom stereocenters. The van der Waals surface area contributed by atoms with Gasteiger partial charge in [0, 0.05) is 32.4 Å². The Hall–Kier alpha value is -1.81. The Morgan fingerprint density at radius 1 is 1.33 bits per heavy atom. The molecule has 4 nitrogen and oxygen atoms in total. The molecule has 0 saturated heterocycles. The summed E-state index contributed by atoms with van der Waals surface area (Å²) in [5, 5.41) is 3.19. The van der Waals surface area contributed by atoms with Crippen LogP contribution in [0.2, 0.25) is 0 Å². The first-order chi connectivity index (χ1) is 8.74. The summed E-state index contributed by atoms with van der Waals surface area (Å²) in [7, 11) is 5.66. The maximum Gasteiger partial charge on any atom is 0.119 e. The average molecular weight is 245 g/mol. The zero-order chi connectivity index (χ0) is 13.0. The molecule has 1 N–H and O–H groups in total. The van der Waals surface area contributed by atoms with Crippen molar-refractivity contribution in [2.24, 2.45) is 7.05 Å². The van der Waals surface area contributed by atoms with Crippen LogP contribution in [0.5, 0.6) is 5.75 Å². The lowest BCUT2D eigenvalue weighted by atomic mass is 10.0. The normalized spacial score (nSPS) is 10.6. The molecule has 0 aliphatic heterocycles. The first kappa shape index (κ1) is 12.6. The van der Waals surface area contributed by atoms with Crippen LogP contribution in [-0.2, 0) is 20.0 Å². The van der Waals surface area contributed by atoms with Gasteiger partial charge in [0.15, 0.2) is 0 Å². The number of aromatic nitrogens is 2. The number of imidazole rings is 1. The Kier molecular flexibility index (Phi) is 3.99. The third-order valence-electron chi connectivity index (χ3n) is 3.05. The summed E-state index contributed by atoms with van der Waals surface area (Å²) in [6.07, 6.45) is 4.64. The number of aryl methyl sites for hydroxylation is 1. The molecule has 1 aromatic heterocycles. The topological polar surface area (TPSA) is 39.1 Å². The molecule has 4 heteroatoms. The van der Waals surface area contributed by atoms with Gasteiger partial charge < -0.3 is 14.6 Å². The Morgan fingerprint density at radius 2 is 2.17 bits per heavy atom. The monoisotopic (exact) mass is 245 g/mol. The van der Waals surface area contributed by atoms with Gasteiger partial charge in [-0.2, -0.15) is 0 Å². The molecule has 2 rings (SSSR count). The van der Waals surface area contributed by atoms with Crippen molar-refractivity contribution < 1.29 is 4.74 Å². The summed E-state index contributed by atoms with van der Waals surface area (Å²) < 4.78 is 7.32. The summed E-state index contributed by atoms with van der Waals surface area (Å²) in [5.41, 5.74) is 2.53. The highest BCUT2D eigenvalue weighted by atomic mass is 16.5. The number of methoxy groups -OCH3 is 1. The Bertz CT molecular complexity index is 520. The molecule has 0 aliphatic rings. The zero-order valence-electron chi connectivity index (χ0n) is 11.1. The second kappa shape index (κ2) is 5.69. The van der Waals surface area contributed by atoms with Gasteiger partial charge in [-0.25, -0.2) is 4.98 Å². The number of nitrogens with one attached hydrogen (secondary N) is 1. The first-order valence-corrected chi connectivity index (χ1v) is 6.01. The fourth-order valence-electron chi connectivity index (χ4n) is 1.99. The fraction of sp³-hybridized carbons (Fsp3) is 0.357. The van der Waals surface area contributed by atoms with Crippen molar-refractivity contribution in [2.75, 3.05) is 14.2 Å². The Labute approximate surface area is 108 Å². The van der Waals surface area contributed by atoms with Crippen molar-refractivity contribution in [3.8, 4) is 5.75 Å². The molecule has 0 spiro atoms. The van der Waals surface area contributed by atoms with Gasteiger partial charge in [-0.15, -0.1) is 0 Å². The molecule has 96 valence electrons. The summed E-state index contributed by atoms with van der Waals surface area (Å²) >= 11 is 0. The van der Waals surface area contributed by atoms with Crippen molar-refractivity contribution in [1.29, 1.82) is 0 Å². The van der Waals surface area contributed by atoms with E-state index in [0.29, 0.717) is 0 Å². The molecule has 1 aromatic carbocycles. The zero-order valence-corrected chi connectivity index (χ0v) is 11.1. The van der Waals surface area contributed by atoms with Crippen molar-refractivity contribution in [3.63, 3.8) is 0 Å². The van der Waals surface area contributed by atoms with Gasteiger partial charge in [0.05, 0.1) is 7.11 Å². The molecule has 0 fully saturated rings. The van der Waals surface area contributed by atoms with Gasteiger partial charge >= 0.3 is 0 Å². The molecule has 2 aromatic rings. The van der Waals surface area contributed by atoms with Gasteiger partial charge in [0.25, 0.3) is 0 Å². The smallest absolute Gasteiger partial charge is 0.119 e. The van der Waals surface area contributed by atoms with E-state index in [1.54, 1.807) is 7.11 Å². The van der Waals surface area contributed by atoms with Gasteiger partial charge in [-0.05, 0) is 30.3 Å². The summed E-state index contributed by atoms with van der Waals surface area (Å²) in [6, 6.07) is 6.19. The minimum atomic E-state index is 0.830. The number of nitrogens with zero attached hydrogens (tertiary/aromatic N) is 2. The summed E-state index contributed by atoms with van der Waals surface area (Å²) in [5.74, 6) is 1.96.